The van der Waals surface area contributed by atoms with Gasteiger partial charge in [-0.25, -0.2) is 13.2 Å². The average molecular weight is 304 g/mol. The summed E-state index contributed by atoms with van der Waals surface area (Å²) in [7, 11) is 0. The van der Waals surface area contributed by atoms with Crippen molar-refractivity contribution in [1.29, 1.82) is 0 Å². The molecule has 0 radical (unpaired) electrons. The monoisotopic (exact) mass is 304 g/mol. The van der Waals surface area contributed by atoms with Crippen LogP contribution in [0.1, 0.15) is 9.67 Å². The summed E-state index contributed by atoms with van der Waals surface area (Å²) < 4.78 is 39.4. The molecule has 0 saturated heterocycles. The fourth-order valence-electron chi connectivity index (χ4n) is 1.60. The lowest BCUT2D eigenvalue weighted by Crippen LogP contribution is -2.38. The first-order valence-corrected chi connectivity index (χ1v) is 6.40. The van der Waals surface area contributed by atoms with Crippen LogP contribution in [0.15, 0.2) is 18.2 Å². The Morgan fingerprint density at radius 2 is 2.15 bits per heavy atom. The Labute approximate surface area is 116 Å². The molecule has 2 rings (SSSR count). The molecule has 8 heteroatoms. The van der Waals surface area contributed by atoms with Crippen LogP contribution in [0.5, 0.6) is 0 Å². The Hall–Kier alpha value is -1.80. The number of alkyl halides is 2. The average Bonchev–Trinajstić information content (AvgIpc) is 2.74. The summed E-state index contributed by atoms with van der Waals surface area (Å²) in [5.41, 5.74) is 5.78. The Kier molecular flexibility index (Phi) is 3.87. The summed E-state index contributed by atoms with van der Waals surface area (Å²) >= 11 is 0.988. The summed E-state index contributed by atoms with van der Waals surface area (Å²) in [6.45, 7) is -2.36. The molecular weight excluding hydrogens is 293 g/mol. The molecule has 4 nitrogen and oxygen atoms in total. The van der Waals surface area contributed by atoms with Gasteiger partial charge < -0.3 is 16.2 Å². The second-order valence-corrected chi connectivity index (χ2v) is 5.23. The fraction of sp³-hybridized carbons (Fsp3) is 0.250. The third kappa shape index (κ3) is 2.86. The zero-order chi connectivity index (χ0) is 14.9. The molecule has 108 valence electrons. The van der Waals surface area contributed by atoms with Crippen LogP contribution >= 0.6 is 11.3 Å². The topological polar surface area (TPSA) is 75.4 Å². The van der Waals surface area contributed by atoms with E-state index in [9.17, 15) is 18.0 Å². The molecule has 0 fully saturated rings. The van der Waals surface area contributed by atoms with Crippen LogP contribution < -0.4 is 11.1 Å². The van der Waals surface area contributed by atoms with E-state index in [0.29, 0.717) is 10.1 Å². The van der Waals surface area contributed by atoms with Crippen molar-refractivity contribution in [2.75, 3.05) is 18.9 Å². The van der Waals surface area contributed by atoms with E-state index in [1.807, 2.05) is 5.32 Å². The number of amides is 1. The molecule has 4 N–H and O–H groups in total. The van der Waals surface area contributed by atoms with Crippen LogP contribution in [-0.2, 0) is 0 Å². The van der Waals surface area contributed by atoms with E-state index < -0.39 is 30.8 Å². The predicted octanol–water partition coefficient (Wildman–Crippen LogP) is 1.98. The van der Waals surface area contributed by atoms with Gasteiger partial charge in [-0.2, -0.15) is 0 Å². The van der Waals surface area contributed by atoms with Crippen LogP contribution in [0, 0.1) is 5.82 Å². The molecule has 0 unspecified atom stereocenters. The maximum absolute atomic E-state index is 13.1. The Morgan fingerprint density at radius 3 is 2.80 bits per heavy atom. The molecule has 1 aromatic carbocycles. The van der Waals surface area contributed by atoms with Gasteiger partial charge in [-0.1, -0.05) is 0 Å². The highest BCUT2D eigenvalue weighted by molar-refractivity contribution is 7.21. The molecule has 1 amide bonds. The number of nitrogen functional groups attached to an aromatic ring is 1. The number of halogens is 3. The van der Waals surface area contributed by atoms with Crippen LogP contribution in [-0.4, -0.2) is 30.1 Å². The smallest absolute Gasteiger partial charge is 0.287 e. The van der Waals surface area contributed by atoms with Gasteiger partial charge in [0.25, 0.3) is 11.8 Å². The highest BCUT2D eigenvalue weighted by atomic mass is 32.1. The van der Waals surface area contributed by atoms with Crippen molar-refractivity contribution in [3.63, 3.8) is 0 Å². The summed E-state index contributed by atoms with van der Waals surface area (Å²) in [6.07, 6.45) is 0. The van der Waals surface area contributed by atoms with Gasteiger partial charge in [-0.05, 0) is 18.2 Å². The van der Waals surface area contributed by atoms with Gasteiger partial charge in [-0.3, -0.25) is 4.79 Å². The van der Waals surface area contributed by atoms with Crippen LogP contribution in [0.2, 0.25) is 0 Å². The second kappa shape index (κ2) is 5.29. The van der Waals surface area contributed by atoms with Crippen molar-refractivity contribution in [2.24, 2.45) is 0 Å². The van der Waals surface area contributed by atoms with E-state index in [1.165, 1.54) is 18.2 Å². The number of benzene rings is 1. The highest BCUT2D eigenvalue weighted by Crippen LogP contribution is 2.34. The first kappa shape index (κ1) is 14.6. The van der Waals surface area contributed by atoms with Gasteiger partial charge in [0, 0.05) is 10.1 Å². The zero-order valence-electron chi connectivity index (χ0n) is 10.1. The fourth-order valence-corrected chi connectivity index (χ4v) is 2.62. The van der Waals surface area contributed by atoms with E-state index in [2.05, 4.69) is 0 Å². The maximum Gasteiger partial charge on any atom is 0.287 e. The molecule has 1 aromatic heterocycles. The SMILES string of the molecule is Nc1c(C(=O)NCC(F)(F)CO)sc2ccc(F)cc12. The number of nitrogens with one attached hydrogen (secondary N) is 1. The molecule has 2 aromatic rings. The highest BCUT2D eigenvalue weighted by Gasteiger charge is 2.29. The van der Waals surface area contributed by atoms with Crippen LogP contribution in [0.3, 0.4) is 0 Å². The van der Waals surface area contributed by atoms with Gasteiger partial charge >= 0.3 is 0 Å². The number of nitrogens with two attached hydrogens (primary N) is 1. The van der Waals surface area contributed by atoms with Crippen molar-refractivity contribution in [3.05, 3.63) is 28.9 Å². The Morgan fingerprint density at radius 1 is 1.45 bits per heavy atom. The van der Waals surface area contributed by atoms with Crippen molar-refractivity contribution in [1.82, 2.24) is 5.32 Å². The first-order valence-electron chi connectivity index (χ1n) is 5.58. The predicted molar refractivity (Wildman–Crippen MR) is 70.6 cm³/mol. The van der Waals surface area contributed by atoms with Crippen molar-refractivity contribution in [3.8, 4) is 0 Å². The number of hydrogen-bond donors (Lipinski definition) is 3. The van der Waals surface area contributed by atoms with Crippen LogP contribution in [0.4, 0.5) is 18.9 Å². The molecule has 1 heterocycles. The lowest BCUT2D eigenvalue weighted by atomic mass is 10.2. The third-order valence-electron chi connectivity index (χ3n) is 2.63. The normalized spacial score (nSPS) is 11.8. The minimum Gasteiger partial charge on any atom is -0.397 e. The largest absolute Gasteiger partial charge is 0.397 e. The Balaban J connectivity index is 2.25. The first-order chi connectivity index (χ1) is 9.34. The minimum atomic E-state index is -3.40. The van der Waals surface area contributed by atoms with Gasteiger partial charge in [0.2, 0.25) is 0 Å². The maximum atomic E-state index is 13.1. The number of carbonyl (C=O) groups excluding carboxylic acids is 1. The number of fused-ring (bicyclic) bond motifs is 1. The van der Waals surface area contributed by atoms with Gasteiger partial charge in [0.1, 0.15) is 17.3 Å². The third-order valence-corrected chi connectivity index (χ3v) is 3.82. The summed E-state index contributed by atoms with van der Waals surface area (Å²) in [5, 5.41) is 10.8. The summed E-state index contributed by atoms with van der Waals surface area (Å²) in [6, 6.07) is 3.87. The quantitative estimate of drug-likeness (QED) is 0.808. The number of hydrogen-bond acceptors (Lipinski definition) is 4. The number of thiophene rings is 1. The zero-order valence-corrected chi connectivity index (χ0v) is 10.9. The van der Waals surface area contributed by atoms with Crippen molar-refractivity contribution >= 4 is 33.0 Å². The van der Waals surface area contributed by atoms with E-state index in [-0.39, 0.29) is 10.6 Å². The summed E-state index contributed by atoms with van der Waals surface area (Å²) in [5.74, 6) is -4.68. The number of carbonyl (C=O) groups is 1. The molecule has 20 heavy (non-hydrogen) atoms. The lowest BCUT2D eigenvalue weighted by Gasteiger charge is -2.13. The van der Waals surface area contributed by atoms with Crippen molar-refractivity contribution < 1.29 is 23.1 Å². The van der Waals surface area contributed by atoms with E-state index >= 15 is 0 Å². The minimum absolute atomic E-state index is 0.0411. The molecule has 0 aliphatic rings. The number of aliphatic hydroxyl groups excluding tert-OH is 1. The number of aliphatic hydroxyl groups is 1. The van der Waals surface area contributed by atoms with Gasteiger partial charge in [0.05, 0.1) is 12.2 Å². The Bertz CT molecular complexity index is 657. The van der Waals surface area contributed by atoms with Crippen molar-refractivity contribution in [2.45, 2.75) is 5.92 Å². The molecule has 0 bridgehead atoms. The summed E-state index contributed by atoms with van der Waals surface area (Å²) in [4.78, 5) is 11.8. The molecule has 0 aliphatic heterocycles. The molecular formula is C12H11F3N2O2S. The van der Waals surface area contributed by atoms with Gasteiger partial charge in [0.15, 0.2) is 0 Å². The molecule has 0 aliphatic carbocycles. The van der Waals surface area contributed by atoms with E-state index in [4.69, 9.17) is 10.8 Å². The number of rotatable bonds is 4. The standard InChI is InChI=1S/C12H11F3N2O2S/c13-6-1-2-8-7(3-6)9(16)10(20-8)11(19)17-4-12(14,15)5-18/h1-3,18H,4-5,16H2,(H,17,19). The van der Waals surface area contributed by atoms with E-state index in [0.717, 1.165) is 11.3 Å². The number of anilines is 1. The second-order valence-electron chi connectivity index (χ2n) is 4.18. The van der Waals surface area contributed by atoms with Gasteiger partial charge in [-0.15, -0.1) is 11.3 Å². The van der Waals surface area contributed by atoms with Crippen LogP contribution in [0.25, 0.3) is 10.1 Å². The lowest BCUT2D eigenvalue weighted by molar-refractivity contribution is -0.0461. The van der Waals surface area contributed by atoms with E-state index in [1.54, 1.807) is 0 Å². The molecule has 0 atom stereocenters. The molecule has 0 spiro atoms. The molecule has 0 saturated carbocycles.